The molecule has 0 bridgehead atoms. The SMILES string of the molecule is O=C(OS(=O)(O)=S)C(=O)c1ccccc1. The molecule has 80 valence electrons. The molecule has 0 spiro atoms. The summed E-state index contributed by atoms with van der Waals surface area (Å²) in [5.74, 6) is -2.45. The standard InChI is InChI=1S/C8H6O5S2/c9-7(6-4-2-1-3-5-6)8(10)13-15(11,12)14/h1-5H,(H,11,12,14). The summed E-state index contributed by atoms with van der Waals surface area (Å²) in [6, 6.07) is 7.51. The lowest BCUT2D eigenvalue weighted by Crippen LogP contribution is -2.20. The van der Waals surface area contributed by atoms with Crippen LogP contribution >= 0.6 is 0 Å². The van der Waals surface area contributed by atoms with Crippen LogP contribution in [0.1, 0.15) is 10.4 Å². The zero-order valence-electron chi connectivity index (χ0n) is 7.28. The molecule has 0 aliphatic carbocycles. The molecular formula is C8H6O5S2. The van der Waals surface area contributed by atoms with Gasteiger partial charge < -0.3 is 4.18 Å². The molecule has 0 aromatic heterocycles. The van der Waals surface area contributed by atoms with E-state index >= 15 is 0 Å². The summed E-state index contributed by atoms with van der Waals surface area (Å²) in [5.41, 5.74) is 0.0705. The molecule has 5 nitrogen and oxygen atoms in total. The van der Waals surface area contributed by atoms with Gasteiger partial charge in [-0.05, 0) is 0 Å². The molecule has 0 amide bonds. The van der Waals surface area contributed by atoms with Crippen LogP contribution in [0.4, 0.5) is 0 Å². The summed E-state index contributed by atoms with van der Waals surface area (Å²) in [5, 5.41) is 0. The number of rotatable bonds is 3. The van der Waals surface area contributed by atoms with E-state index in [1.165, 1.54) is 12.1 Å². The van der Waals surface area contributed by atoms with Gasteiger partial charge in [0.1, 0.15) is 0 Å². The molecule has 1 aromatic rings. The first-order valence-corrected chi connectivity index (χ1v) is 6.07. The van der Waals surface area contributed by atoms with Gasteiger partial charge in [0.2, 0.25) is 0 Å². The molecule has 1 N–H and O–H groups in total. The Balaban J connectivity index is 2.84. The van der Waals surface area contributed by atoms with E-state index in [2.05, 4.69) is 15.4 Å². The van der Waals surface area contributed by atoms with Crippen LogP contribution in [-0.2, 0) is 29.2 Å². The van der Waals surface area contributed by atoms with Crippen molar-refractivity contribution in [1.29, 1.82) is 0 Å². The number of benzene rings is 1. The van der Waals surface area contributed by atoms with Crippen molar-refractivity contribution < 1.29 is 22.5 Å². The quantitative estimate of drug-likeness (QED) is 0.619. The van der Waals surface area contributed by atoms with Gasteiger partial charge in [-0.3, -0.25) is 9.35 Å². The van der Waals surface area contributed by atoms with Crippen LogP contribution in [0.3, 0.4) is 0 Å². The van der Waals surface area contributed by atoms with Gasteiger partial charge in [0.25, 0.3) is 5.78 Å². The maximum absolute atomic E-state index is 11.3. The minimum atomic E-state index is -4.11. The van der Waals surface area contributed by atoms with Crippen molar-refractivity contribution in [3.8, 4) is 0 Å². The Labute approximate surface area is 90.8 Å². The predicted octanol–water partition coefficient (Wildman–Crippen LogP) is 0.547. The van der Waals surface area contributed by atoms with Gasteiger partial charge in [-0.2, -0.15) is 4.21 Å². The molecule has 0 aliphatic rings. The molecule has 1 unspecified atom stereocenters. The van der Waals surface area contributed by atoms with Crippen LogP contribution in [0.15, 0.2) is 30.3 Å². The van der Waals surface area contributed by atoms with Crippen molar-refractivity contribution in [2.45, 2.75) is 0 Å². The van der Waals surface area contributed by atoms with Crippen molar-refractivity contribution in [2.75, 3.05) is 0 Å². The van der Waals surface area contributed by atoms with E-state index in [0.29, 0.717) is 0 Å². The van der Waals surface area contributed by atoms with Crippen LogP contribution < -0.4 is 0 Å². The van der Waals surface area contributed by atoms with Crippen LogP contribution in [0.25, 0.3) is 0 Å². The van der Waals surface area contributed by atoms with E-state index in [4.69, 9.17) is 4.55 Å². The van der Waals surface area contributed by atoms with Gasteiger partial charge in [0.15, 0.2) is 0 Å². The molecular weight excluding hydrogens is 240 g/mol. The number of Topliss-reactive ketones (excluding diaryl/α,β-unsaturated/α-hetero) is 1. The molecule has 0 fully saturated rings. The first-order chi connectivity index (χ1) is 6.90. The highest BCUT2D eigenvalue weighted by atomic mass is 32.9. The fourth-order valence-electron chi connectivity index (χ4n) is 0.841. The van der Waals surface area contributed by atoms with Gasteiger partial charge >= 0.3 is 15.0 Å². The third kappa shape index (κ3) is 3.74. The highest BCUT2D eigenvalue weighted by molar-refractivity contribution is 8.27. The molecule has 0 radical (unpaired) electrons. The lowest BCUT2D eigenvalue weighted by molar-refractivity contribution is -0.129. The summed E-state index contributed by atoms with van der Waals surface area (Å²) < 4.78 is 22.9. The first-order valence-electron chi connectivity index (χ1n) is 3.71. The number of carbonyl (C=O) groups excluding carboxylic acids is 2. The largest absolute Gasteiger partial charge is 0.395 e. The normalized spacial score (nSPS) is 13.9. The predicted molar refractivity (Wildman–Crippen MR) is 55.0 cm³/mol. The van der Waals surface area contributed by atoms with E-state index < -0.39 is 20.8 Å². The summed E-state index contributed by atoms with van der Waals surface area (Å²) in [4.78, 5) is 22.2. The second kappa shape index (κ2) is 4.47. The Morgan fingerprint density at radius 2 is 1.80 bits per heavy atom. The average Bonchev–Trinajstić information content (AvgIpc) is 2.15. The van der Waals surface area contributed by atoms with Crippen LogP contribution in [0.2, 0.25) is 0 Å². The molecule has 15 heavy (non-hydrogen) atoms. The molecule has 7 heteroatoms. The van der Waals surface area contributed by atoms with Crippen molar-refractivity contribution in [3.63, 3.8) is 0 Å². The van der Waals surface area contributed by atoms with Gasteiger partial charge in [0, 0.05) is 5.56 Å². The minimum absolute atomic E-state index is 0.0705. The second-order valence-electron chi connectivity index (χ2n) is 2.49. The van der Waals surface area contributed by atoms with Crippen molar-refractivity contribution in [3.05, 3.63) is 35.9 Å². The van der Waals surface area contributed by atoms with Crippen LogP contribution in [-0.4, -0.2) is 20.5 Å². The molecule has 0 saturated heterocycles. The molecule has 0 saturated carbocycles. The van der Waals surface area contributed by atoms with E-state index in [0.717, 1.165) is 0 Å². The zero-order valence-corrected chi connectivity index (χ0v) is 8.92. The fourth-order valence-corrected chi connectivity index (χ4v) is 1.29. The molecule has 0 heterocycles. The van der Waals surface area contributed by atoms with Gasteiger partial charge in [-0.1, -0.05) is 30.3 Å². The Kier molecular flexibility index (Phi) is 3.51. The summed E-state index contributed by atoms with van der Waals surface area (Å²) in [6.45, 7) is 0. The number of carbonyl (C=O) groups is 2. The molecule has 1 atom stereocenters. The number of hydrogen-bond donors (Lipinski definition) is 1. The summed E-state index contributed by atoms with van der Waals surface area (Å²) in [7, 11) is -4.11. The smallest absolute Gasteiger partial charge is 0.338 e. The topological polar surface area (TPSA) is 80.7 Å². The van der Waals surface area contributed by atoms with Gasteiger partial charge in [0.05, 0.1) is 11.2 Å². The van der Waals surface area contributed by atoms with E-state index in [1.54, 1.807) is 18.2 Å². The summed E-state index contributed by atoms with van der Waals surface area (Å²) >= 11 is 3.92. The van der Waals surface area contributed by atoms with E-state index in [-0.39, 0.29) is 5.56 Å². The minimum Gasteiger partial charge on any atom is -0.338 e. The van der Waals surface area contributed by atoms with Crippen molar-refractivity contribution in [1.82, 2.24) is 0 Å². The van der Waals surface area contributed by atoms with Gasteiger partial charge in [-0.15, -0.1) is 0 Å². The van der Waals surface area contributed by atoms with E-state index in [1.807, 2.05) is 0 Å². The van der Waals surface area contributed by atoms with Crippen molar-refractivity contribution in [2.24, 2.45) is 0 Å². The highest BCUT2D eigenvalue weighted by Crippen LogP contribution is 2.02. The van der Waals surface area contributed by atoms with Crippen LogP contribution in [0.5, 0.6) is 0 Å². The Bertz CT molecular complexity index is 477. The number of hydrogen-bond acceptors (Lipinski definition) is 5. The molecule has 0 aliphatic heterocycles. The Hall–Kier alpha value is -1.31. The Morgan fingerprint density at radius 3 is 2.27 bits per heavy atom. The third-order valence-corrected chi connectivity index (χ3v) is 1.97. The highest BCUT2D eigenvalue weighted by Gasteiger charge is 2.21. The maximum atomic E-state index is 11.3. The third-order valence-electron chi connectivity index (χ3n) is 1.40. The average molecular weight is 246 g/mol. The maximum Gasteiger partial charge on any atom is 0.395 e. The molecule has 1 rings (SSSR count). The monoisotopic (exact) mass is 246 g/mol. The van der Waals surface area contributed by atoms with Crippen LogP contribution in [0, 0.1) is 0 Å². The first kappa shape index (κ1) is 11.8. The number of ketones is 1. The zero-order chi connectivity index (χ0) is 11.5. The second-order valence-corrected chi connectivity index (χ2v) is 4.78. The van der Waals surface area contributed by atoms with Gasteiger partial charge in [-0.25, -0.2) is 4.79 Å². The summed E-state index contributed by atoms with van der Waals surface area (Å²) in [6.07, 6.45) is 0. The van der Waals surface area contributed by atoms with Crippen molar-refractivity contribution >= 4 is 32.0 Å². The fraction of sp³-hybridized carbons (Fsp3) is 0. The molecule has 1 aromatic carbocycles. The lowest BCUT2D eigenvalue weighted by atomic mass is 10.1. The van der Waals surface area contributed by atoms with E-state index in [9.17, 15) is 13.8 Å². The lowest BCUT2D eigenvalue weighted by Gasteiger charge is -2.00. The Morgan fingerprint density at radius 1 is 1.27 bits per heavy atom.